The van der Waals surface area contributed by atoms with E-state index in [0.29, 0.717) is 5.56 Å². The fourth-order valence-electron chi connectivity index (χ4n) is 2.38. The third kappa shape index (κ3) is 2.99. The van der Waals surface area contributed by atoms with Gasteiger partial charge in [0, 0.05) is 30.0 Å². The molecule has 2 aromatic carbocycles. The third-order valence-electron chi connectivity index (χ3n) is 3.44. The topological polar surface area (TPSA) is 62.3 Å². The van der Waals surface area contributed by atoms with Crippen LogP contribution in [-0.4, -0.2) is 14.2 Å². The zero-order chi connectivity index (χ0) is 15.4. The normalized spacial score (nSPS) is 11.6. The molecule has 2 N–H and O–H groups in total. The van der Waals surface area contributed by atoms with Crippen molar-refractivity contribution in [1.29, 1.82) is 5.26 Å². The van der Waals surface area contributed by atoms with Gasteiger partial charge in [0.05, 0.1) is 18.7 Å². The van der Waals surface area contributed by atoms with Crippen molar-refractivity contribution in [1.82, 2.24) is 0 Å². The van der Waals surface area contributed by atoms with E-state index >= 15 is 0 Å². The molecule has 0 aromatic heterocycles. The molecule has 2 rings (SSSR count). The Bertz CT molecular complexity index is 674. The van der Waals surface area contributed by atoms with Crippen LogP contribution in [0.1, 0.15) is 24.1 Å². The van der Waals surface area contributed by atoms with Gasteiger partial charge in [-0.3, -0.25) is 0 Å². The predicted octanol–water partition coefficient (Wildman–Crippen LogP) is 3.35. The minimum absolute atomic E-state index is 0.155. The predicted molar refractivity (Wildman–Crippen MR) is 84.8 cm³/mol. The van der Waals surface area contributed by atoms with Crippen molar-refractivity contribution in [3.05, 3.63) is 53.6 Å². The Morgan fingerprint density at radius 1 is 1.24 bits per heavy atom. The number of benzene rings is 2. The smallest absolute Gasteiger partial charge is 0.125 e. The van der Waals surface area contributed by atoms with Crippen LogP contribution in [0.25, 0.3) is 0 Å². The van der Waals surface area contributed by atoms with Gasteiger partial charge in [-0.05, 0) is 37.3 Å². The number of ether oxygens (including phenoxy) is 1. The zero-order valence-corrected chi connectivity index (χ0v) is 12.5. The molecule has 0 unspecified atom stereocenters. The molecule has 0 aliphatic heterocycles. The number of anilines is 2. The summed E-state index contributed by atoms with van der Waals surface area (Å²) in [6.45, 7) is 1.93. The first-order valence-electron chi connectivity index (χ1n) is 6.75. The van der Waals surface area contributed by atoms with E-state index < -0.39 is 0 Å². The monoisotopic (exact) mass is 281 g/mol. The number of nitriles is 1. The van der Waals surface area contributed by atoms with Crippen LogP contribution in [0, 0.1) is 11.3 Å². The lowest BCUT2D eigenvalue weighted by atomic mass is 10.0. The molecular formula is C17H19N3O. The largest absolute Gasteiger partial charge is 0.496 e. The van der Waals surface area contributed by atoms with Gasteiger partial charge in [0.1, 0.15) is 5.75 Å². The molecule has 0 aliphatic carbocycles. The lowest BCUT2D eigenvalue weighted by molar-refractivity contribution is 0.407. The SMILES string of the molecule is COc1cccc(N(C)c2cccc(C#N)c2)c1[C@H](C)N. The highest BCUT2D eigenvalue weighted by molar-refractivity contribution is 5.70. The Hall–Kier alpha value is -2.51. The van der Waals surface area contributed by atoms with Crippen LogP contribution >= 0.6 is 0 Å². The van der Waals surface area contributed by atoms with Crippen molar-refractivity contribution in [3.8, 4) is 11.8 Å². The molecule has 0 amide bonds. The van der Waals surface area contributed by atoms with Crippen molar-refractivity contribution in [3.63, 3.8) is 0 Å². The lowest BCUT2D eigenvalue weighted by Gasteiger charge is -2.25. The van der Waals surface area contributed by atoms with Gasteiger partial charge in [0.25, 0.3) is 0 Å². The first-order chi connectivity index (χ1) is 10.1. The van der Waals surface area contributed by atoms with Crippen LogP contribution in [0.5, 0.6) is 5.75 Å². The zero-order valence-electron chi connectivity index (χ0n) is 12.5. The van der Waals surface area contributed by atoms with E-state index in [4.69, 9.17) is 15.7 Å². The standard InChI is InChI=1S/C17H19N3O/c1-12(19)17-15(8-5-9-16(17)21-3)20(2)14-7-4-6-13(10-14)11-18/h4-10,12H,19H2,1-3H3/t12-/m0/s1. The number of rotatable bonds is 4. The van der Waals surface area contributed by atoms with Gasteiger partial charge in [0.15, 0.2) is 0 Å². The van der Waals surface area contributed by atoms with Crippen molar-refractivity contribution < 1.29 is 4.74 Å². The van der Waals surface area contributed by atoms with Crippen molar-refractivity contribution >= 4 is 11.4 Å². The second kappa shape index (κ2) is 6.29. The van der Waals surface area contributed by atoms with Gasteiger partial charge in [-0.2, -0.15) is 5.26 Å². The fourth-order valence-corrected chi connectivity index (χ4v) is 2.38. The average Bonchev–Trinajstić information content (AvgIpc) is 2.53. The molecule has 2 aromatic rings. The summed E-state index contributed by atoms with van der Waals surface area (Å²) < 4.78 is 5.42. The molecule has 0 bridgehead atoms. The maximum absolute atomic E-state index is 9.03. The highest BCUT2D eigenvalue weighted by atomic mass is 16.5. The van der Waals surface area contributed by atoms with E-state index in [9.17, 15) is 0 Å². The number of nitrogens with two attached hydrogens (primary N) is 1. The quantitative estimate of drug-likeness (QED) is 0.933. The molecule has 4 nitrogen and oxygen atoms in total. The summed E-state index contributed by atoms with van der Waals surface area (Å²) in [4.78, 5) is 2.02. The van der Waals surface area contributed by atoms with Crippen LogP contribution in [0.15, 0.2) is 42.5 Å². The summed E-state index contributed by atoms with van der Waals surface area (Å²) in [5, 5.41) is 9.03. The molecule has 108 valence electrons. The van der Waals surface area contributed by atoms with E-state index in [1.54, 1.807) is 13.2 Å². The van der Waals surface area contributed by atoms with Gasteiger partial charge in [-0.25, -0.2) is 0 Å². The number of methoxy groups -OCH3 is 1. The van der Waals surface area contributed by atoms with E-state index in [2.05, 4.69) is 6.07 Å². The van der Waals surface area contributed by atoms with Crippen LogP contribution in [0.2, 0.25) is 0 Å². The molecule has 0 spiro atoms. The molecule has 0 saturated carbocycles. The van der Waals surface area contributed by atoms with Gasteiger partial charge in [-0.15, -0.1) is 0 Å². The highest BCUT2D eigenvalue weighted by Crippen LogP contribution is 2.36. The lowest BCUT2D eigenvalue weighted by Crippen LogP contribution is -2.16. The Balaban J connectivity index is 2.52. The molecule has 0 saturated heterocycles. The number of nitrogens with zero attached hydrogens (tertiary/aromatic N) is 2. The first kappa shape index (κ1) is 14.9. The molecule has 21 heavy (non-hydrogen) atoms. The number of hydrogen-bond acceptors (Lipinski definition) is 4. The summed E-state index contributed by atoms with van der Waals surface area (Å²) in [7, 11) is 3.60. The maximum atomic E-state index is 9.03. The van der Waals surface area contributed by atoms with Crippen molar-refractivity contribution in [2.45, 2.75) is 13.0 Å². The summed E-state index contributed by atoms with van der Waals surface area (Å²) in [5.74, 6) is 0.769. The van der Waals surface area contributed by atoms with Gasteiger partial charge < -0.3 is 15.4 Å². The average molecular weight is 281 g/mol. The third-order valence-corrected chi connectivity index (χ3v) is 3.44. The molecule has 1 atom stereocenters. The molecule has 0 heterocycles. The molecule has 0 radical (unpaired) electrons. The van der Waals surface area contributed by atoms with E-state index in [0.717, 1.165) is 22.7 Å². The van der Waals surface area contributed by atoms with Crippen LogP contribution in [-0.2, 0) is 0 Å². The van der Waals surface area contributed by atoms with Gasteiger partial charge in [0.2, 0.25) is 0 Å². The Labute approximate surface area is 125 Å². The minimum Gasteiger partial charge on any atom is -0.496 e. The Kier molecular flexibility index (Phi) is 4.46. The summed E-state index contributed by atoms with van der Waals surface area (Å²) >= 11 is 0. The van der Waals surface area contributed by atoms with E-state index in [1.807, 2.05) is 55.3 Å². The second-order valence-corrected chi connectivity index (χ2v) is 4.90. The minimum atomic E-state index is -0.155. The van der Waals surface area contributed by atoms with Crippen molar-refractivity contribution in [2.24, 2.45) is 5.73 Å². The van der Waals surface area contributed by atoms with Gasteiger partial charge in [-0.1, -0.05) is 12.1 Å². The van der Waals surface area contributed by atoms with E-state index in [-0.39, 0.29) is 6.04 Å². The van der Waals surface area contributed by atoms with Crippen molar-refractivity contribution in [2.75, 3.05) is 19.1 Å². The van der Waals surface area contributed by atoms with Crippen LogP contribution in [0.4, 0.5) is 11.4 Å². The molecular weight excluding hydrogens is 262 g/mol. The van der Waals surface area contributed by atoms with Crippen LogP contribution in [0.3, 0.4) is 0 Å². The summed E-state index contributed by atoms with van der Waals surface area (Å²) in [5.41, 5.74) is 9.59. The summed E-state index contributed by atoms with van der Waals surface area (Å²) in [6, 6.07) is 15.3. The number of hydrogen-bond donors (Lipinski definition) is 1. The molecule has 0 fully saturated rings. The Morgan fingerprint density at radius 2 is 1.95 bits per heavy atom. The van der Waals surface area contributed by atoms with Crippen LogP contribution < -0.4 is 15.4 Å². The second-order valence-electron chi connectivity index (χ2n) is 4.90. The fraction of sp³-hybridized carbons (Fsp3) is 0.235. The van der Waals surface area contributed by atoms with Gasteiger partial charge >= 0.3 is 0 Å². The summed E-state index contributed by atoms with van der Waals surface area (Å²) in [6.07, 6.45) is 0. The Morgan fingerprint density at radius 3 is 2.57 bits per heavy atom. The maximum Gasteiger partial charge on any atom is 0.125 e. The first-order valence-corrected chi connectivity index (χ1v) is 6.75. The molecule has 4 heteroatoms. The van der Waals surface area contributed by atoms with E-state index in [1.165, 1.54) is 0 Å². The highest BCUT2D eigenvalue weighted by Gasteiger charge is 2.17. The molecule has 0 aliphatic rings.